The number of pyridine rings is 3. The minimum atomic E-state index is -0.474. The highest BCUT2D eigenvalue weighted by molar-refractivity contribution is 6.01. The number of anilines is 3. The molecule has 3 aromatic carbocycles. The molecule has 23 nitrogen and oxygen atoms in total. The number of aryl methyl sites for hydroxylation is 6. The number of benzene rings is 3. The van der Waals surface area contributed by atoms with Crippen LogP contribution >= 0.6 is 0 Å². The zero-order valence-electron chi connectivity index (χ0n) is 40.1. The highest BCUT2D eigenvalue weighted by atomic mass is 16.5. The number of hydrogen-bond acceptors (Lipinski definition) is 17. The van der Waals surface area contributed by atoms with Crippen molar-refractivity contribution >= 4 is 62.1 Å². The van der Waals surface area contributed by atoms with Gasteiger partial charge in [0.1, 0.15) is 99.0 Å². The average molecular weight is 975 g/mol. The van der Waals surface area contributed by atoms with Crippen molar-refractivity contribution in [2.75, 3.05) is 16.4 Å². The number of nitrogen functional groups attached to an aromatic ring is 1. The second-order valence-electron chi connectivity index (χ2n) is 16.2. The fourth-order valence-electron chi connectivity index (χ4n) is 7.20. The maximum Gasteiger partial charge on any atom is 0.348 e. The molecule has 2 amide bonds. The van der Waals surface area contributed by atoms with E-state index in [2.05, 4.69) is 50.6 Å². The molecule has 0 aliphatic carbocycles. The SMILES string of the molecule is CC(=O)Nc1cc(Oc2cnc(C#N)cc2C)cc2c1ncn2C.Cc1cc(C#N)ncc1Oc1cc(N)c2ncn(C)c2c1.Cc1cc(C#N)ncc1Oc1cc(NC(=O)n2cncn2)c2ncn(C)c2c1. The van der Waals surface area contributed by atoms with E-state index >= 15 is 0 Å². The third-order valence-electron chi connectivity index (χ3n) is 10.8. The summed E-state index contributed by atoms with van der Waals surface area (Å²) in [7, 11) is 5.61. The summed E-state index contributed by atoms with van der Waals surface area (Å²) in [5, 5.41) is 36.0. The molecule has 0 spiro atoms. The summed E-state index contributed by atoms with van der Waals surface area (Å²) in [5.41, 5.74) is 15.5. The van der Waals surface area contributed by atoms with Crippen molar-refractivity contribution < 1.29 is 23.8 Å². The summed E-state index contributed by atoms with van der Waals surface area (Å²) in [6.07, 6.45) is 12.2. The van der Waals surface area contributed by atoms with Gasteiger partial charge in [-0.1, -0.05) is 0 Å². The molecule has 23 heteroatoms. The maximum absolute atomic E-state index is 12.4. The highest BCUT2D eigenvalue weighted by Gasteiger charge is 2.17. The van der Waals surface area contributed by atoms with Gasteiger partial charge in [0.05, 0.1) is 71.2 Å². The van der Waals surface area contributed by atoms with Gasteiger partial charge in [-0.3, -0.25) is 4.79 Å². The third-order valence-corrected chi connectivity index (χ3v) is 10.8. The molecule has 0 aliphatic heterocycles. The van der Waals surface area contributed by atoms with Crippen molar-refractivity contribution in [3.8, 4) is 52.7 Å². The van der Waals surface area contributed by atoms with E-state index in [4.69, 9.17) is 35.7 Å². The van der Waals surface area contributed by atoms with E-state index in [9.17, 15) is 9.59 Å². The van der Waals surface area contributed by atoms with E-state index in [1.807, 2.05) is 92.0 Å². The average Bonchev–Trinajstić information content (AvgIpc) is 4.20. The van der Waals surface area contributed by atoms with Crippen molar-refractivity contribution in [2.45, 2.75) is 27.7 Å². The smallest absolute Gasteiger partial charge is 0.348 e. The number of amides is 2. The lowest BCUT2D eigenvalue weighted by atomic mass is 10.2. The summed E-state index contributed by atoms with van der Waals surface area (Å²) < 4.78 is 24.3. The minimum absolute atomic E-state index is 0.185. The number of nitrogens with two attached hydrogens (primary N) is 1. The summed E-state index contributed by atoms with van der Waals surface area (Å²) in [6, 6.07) is 21.1. The Kier molecular flexibility index (Phi) is 13.9. The molecule has 0 saturated carbocycles. The van der Waals surface area contributed by atoms with E-state index in [1.165, 1.54) is 38.2 Å². The van der Waals surface area contributed by atoms with Gasteiger partial charge in [-0.15, -0.1) is 0 Å². The molecule has 0 unspecified atom stereocenters. The summed E-state index contributed by atoms with van der Waals surface area (Å²) in [4.78, 5) is 52.5. The van der Waals surface area contributed by atoms with Crippen molar-refractivity contribution in [1.29, 1.82) is 15.8 Å². The second kappa shape index (κ2) is 20.9. The quantitative estimate of drug-likeness (QED) is 0.121. The molecule has 73 heavy (non-hydrogen) atoms. The van der Waals surface area contributed by atoms with Crippen LogP contribution < -0.4 is 30.6 Å². The second-order valence-corrected chi connectivity index (χ2v) is 16.2. The number of hydrogen-bond donors (Lipinski definition) is 3. The molecule has 0 bridgehead atoms. The van der Waals surface area contributed by atoms with Crippen LogP contribution in [0.15, 0.2) is 105 Å². The van der Waals surface area contributed by atoms with Gasteiger partial charge in [0.15, 0.2) is 0 Å². The first-order valence-electron chi connectivity index (χ1n) is 21.8. The predicted octanol–water partition coefficient (Wildman–Crippen LogP) is 8.03. The van der Waals surface area contributed by atoms with Crippen LogP contribution in [0.3, 0.4) is 0 Å². The number of imidazole rings is 3. The van der Waals surface area contributed by atoms with Gasteiger partial charge in [-0.25, -0.2) is 39.7 Å². The van der Waals surface area contributed by atoms with Crippen LogP contribution in [0.25, 0.3) is 33.1 Å². The number of aromatic nitrogens is 12. The zero-order valence-corrected chi connectivity index (χ0v) is 40.1. The molecule has 362 valence electrons. The Morgan fingerprint density at radius 2 is 0.945 bits per heavy atom. The number of carbonyl (C=O) groups excluding carboxylic acids is 2. The summed E-state index contributed by atoms with van der Waals surface area (Å²) in [6.45, 7) is 6.98. The maximum atomic E-state index is 12.4. The molecule has 4 N–H and O–H groups in total. The molecule has 0 radical (unpaired) electrons. The van der Waals surface area contributed by atoms with Gasteiger partial charge < -0.3 is 44.3 Å². The number of nitrogens with zero attached hydrogens (tertiary/aromatic N) is 15. The standard InChI is InChI=1S/C18H14N8O2.C17H15N5O2.C15H13N5O/c1-11-3-12(6-19)21-7-16(11)28-13-4-14(17-15(5-13)25(2)10-22-17)24-18(27)26-9-20-8-23-26;1-10-4-12(7-18)19-8-16(10)24-13-5-14(21-11(2)23)17-15(6-13)22(3)9-20-17;1-9-3-10(6-16)18-7-14(9)21-11-4-12(17)15-13(5-11)20(2)8-19-15/h3-5,7-10H,1-2H3,(H,24,27);4-6,8-9H,1-3H3,(H,21,23);3-5,7-8H,17H2,1-2H3. The van der Waals surface area contributed by atoms with Crippen LogP contribution in [0.4, 0.5) is 21.9 Å². The van der Waals surface area contributed by atoms with Crippen LogP contribution in [0.2, 0.25) is 0 Å². The van der Waals surface area contributed by atoms with E-state index in [1.54, 1.807) is 55.4 Å². The van der Waals surface area contributed by atoms with Gasteiger partial charge in [0, 0.05) is 64.5 Å². The highest BCUT2D eigenvalue weighted by Crippen LogP contribution is 2.35. The number of carbonyl (C=O) groups is 2. The van der Waals surface area contributed by atoms with Gasteiger partial charge >= 0.3 is 6.03 Å². The molecule has 0 fully saturated rings. The van der Waals surface area contributed by atoms with E-state index in [0.717, 1.165) is 43.4 Å². The summed E-state index contributed by atoms with van der Waals surface area (Å²) in [5.74, 6) is 3.10. The molecular formula is C50H42N18O5. The Morgan fingerprint density at radius 1 is 0.548 bits per heavy atom. The normalized spacial score (nSPS) is 10.5. The van der Waals surface area contributed by atoms with Gasteiger partial charge in [0.2, 0.25) is 5.91 Å². The molecule has 7 heterocycles. The largest absolute Gasteiger partial charge is 0.455 e. The molecule has 10 rings (SSSR count). The Morgan fingerprint density at radius 3 is 1.33 bits per heavy atom. The van der Waals surface area contributed by atoms with Crippen molar-refractivity contribution in [3.05, 3.63) is 139 Å². The molecule has 7 aromatic heterocycles. The third kappa shape index (κ3) is 10.9. The number of nitrogens with one attached hydrogen (secondary N) is 2. The number of ether oxygens (including phenoxy) is 3. The van der Waals surface area contributed by atoms with Gasteiger partial charge in [-0.05, 0) is 55.7 Å². The van der Waals surface area contributed by atoms with E-state index < -0.39 is 6.03 Å². The van der Waals surface area contributed by atoms with Crippen LogP contribution in [-0.4, -0.2) is 70.3 Å². The van der Waals surface area contributed by atoms with E-state index in [-0.39, 0.29) is 5.91 Å². The van der Waals surface area contributed by atoms with Crippen LogP contribution in [0, 0.1) is 54.8 Å². The Hall–Kier alpha value is -10.7. The Labute approximate surface area is 415 Å². The summed E-state index contributed by atoms with van der Waals surface area (Å²) >= 11 is 0. The first-order valence-corrected chi connectivity index (χ1v) is 21.8. The van der Waals surface area contributed by atoms with Crippen LogP contribution in [0.5, 0.6) is 34.5 Å². The lowest BCUT2D eigenvalue weighted by Gasteiger charge is -2.12. The first kappa shape index (κ1) is 48.7. The number of rotatable bonds is 8. The topological polar surface area (TPSA) is 306 Å². The fraction of sp³-hybridized carbons (Fsp3) is 0.140. The van der Waals surface area contributed by atoms with Crippen molar-refractivity contribution in [2.24, 2.45) is 21.1 Å². The number of nitriles is 3. The predicted molar refractivity (Wildman–Crippen MR) is 267 cm³/mol. The van der Waals surface area contributed by atoms with Gasteiger partial charge in [0.25, 0.3) is 0 Å². The monoisotopic (exact) mass is 974 g/mol. The Balaban J connectivity index is 0.000000148. The van der Waals surface area contributed by atoms with E-state index in [0.29, 0.717) is 79.7 Å². The van der Waals surface area contributed by atoms with Gasteiger partial charge in [-0.2, -0.15) is 25.6 Å². The zero-order chi connectivity index (χ0) is 51.9. The molecular weight excluding hydrogens is 933 g/mol. The fourth-order valence-corrected chi connectivity index (χ4v) is 7.20. The lowest BCUT2D eigenvalue weighted by Crippen LogP contribution is -2.20. The lowest BCUT2D eigenvalue weighted by molar-refractivity contribution is -0.114. The first-order chi connectivity index (χ1) is 35.1. The minimum Gasteiger partial charge on any atom is -0.455 e. The van der Waals surface area contributed by atoms with Crippen molar-refractivity contribution in [3.63, 3.8) is 0 Å². The van der Waals surface area contributed by atoms with Crippen LogP contribution in [-0.2, 0) is 25.9 Å². The van der Waals surface area contributed by atoms with Crippen molar-refractivity contribution in [1.82, 2.24) is 58.4 Å². The molecule has 0 atom stereocenters. The van der Waals surface area contributed by atoms with Crippen LogP contribution in [0.1, 0.15) is 40.7 Å². The Bertz CT molecular complexity index is 3870. The molecule has 0 aliphatic rings. The molecule has 10 aromatic rings. The molecule has 0 saturated heterocycles. The number of fused-ring (bicyclic) bond motifs is 3.